The fourth-order valence-electron chi connectivity index (χ4n) is 2.64. The van der Waals surface area contributed by atoms with Crippen LogP contribution < -0.4 is 9.47 Å². The van der Waals surface area contributed by atoms with Crippen molar-refractivity contribution in [2.45, 2.75) is 0 Å². The van der Waals surface area contributed by atoms with Gasteiger partial charge in [0.2, 0.25) is 0 Å². The molecule has 0 N–H and O–H groups in total. The van der Waals surface area contributed by atoms with E-state index >= 15 is 0 Å². The van der Waals surface area contributed by atoms with Crippen molar-refractivity contribution >= 4 is 31.7 Å². The van der Waals surface area contributed by atoms with Crippen LogP contribution >= 0.6 is 15.9 Å². The molecule has 0 aromatic heterocycles. The molecule has 9 heteroatoms. The van der Waals surface area contributed by atoms with Crippen molar-refractivity contribution in [1.82, 2.24) is 9.80 Å². The van der Waals surface area contributed by atoms with Crippen LogP contribution in [0.1, 0.15) is 10.4 Å². The maximum absolute atomic E-state index is 12.8. The van der Waals surface area contributed by atoms with Gasteiger partial charge in [-0.05, 0) is 28.1 Å². The first-order chi connectivity index (χ1) is 11.7. The van der Waals surface area contributed by atoms with Crippen LogP contribution in [0.15, 0.2) is 16.6 Å². The maximum atomic E-state index is 12.8. The Morgan fingerprint density at radius 1 is 1.12 bits per heavy atom. The van der Waals surface area contributed by atoms with Crippen LogP contribution in [0.5, 0.6) is 11.5 Å². The number of benzene rings is 1. The molecule has 0 radical (unpaired) electrons. The summed E-state index contributed by atoms with van der Waals surface area (Å²) in [6.45, 7) is 2.94. The minimum Gasteiger partial charge on any atom is -0.495 e. The number of methoxy groups -OCH3 is 2. The van der Waals surface area contributed by atoms with Gasteiger partial charge in [0, 0.05) is 44.5 Å². The molecule has 2 rings (SSSR count). The molecule has 25 heavy (non-hydrogen) atoms. The second-order valence-corrected chi connectivity index (χ2v) is 9.01. The largest absolute Gasteiger partial charge is 0.495 e. The van der Waals surface area contributed by atoms with Crippen molar-refractivity contribution < 1.29 is 22.7 Å². The molecule has 1 fully saturated rings. The molecule has 1 aliphatic rings. The summed E-state index contributed by atoms with van der Waals surface area (Å²) in [6.07, 6.45) is 1.24. The highest BCUT2D eigenvalue weighted by atomic mass is 79.9. The number of piperazine rings is 1. The van der Waals surface area contributed by atoms with Gasteiger partial charge >= 0.3 is 0 Å². The molecule has 0 bridgehead atoms. The Morgan fingerprint density at radius 2 is 1.64 bits per heavy atom. The molecule has 0 aliphatic carbocycles. The van der Waals surface area contributed by atoms with E-state index in [-0.39, 0.29) is 11.7 Å². The Balaban J connectivity index is 2.03. The SMILES string of the molecule is COc1cc(C(=O)N2CCN(CCS(C)(=O)=O)CC2)cc(OC)c1Br. The fourth-order valence-corrected chi connectivity index (χ4v) is 3.79. The lowest BCUT2D eigenvalue weighted by Crippen LogP contribution is -2.49. The Kier molecular flexibility index (Phi) is 6.70. The Hall–Kier alpha value is -1.32. The normalized spacial score (nSPS) is 15.9. The molecule has 0 spiro atoms. The highest BCUT2D eigenvalue weighted by Gasteiger charge is 2.24. The number of amides is 1. The van der Waals surface area contributed by atoms with Gasteiger partial charge in [-0.1, -0.05) is 0 Å². The second kappa shape index (κ2) is 8.37. The van der Waals surface area contributed by atoms with Crippen LogP contribution in [0.2, 0.25) is 0 Å². The van der Waals surface area contributed by atoms with Crippen molar-refractivity contribution in [3.05, 3.63) is 22.2 Å². The van der Waals surface area contributed by atoms with E-state index in [0.29, 0.717) is 54.3 Å². The third kappa shape index (κ3) is 5.32. The molecule has 0 unspecified atom stereocenters. The molecule has 0 atom stereocenters. The summed E-state index contributed by atoms with van der Waals surface area (Å²) >= 11 is 3.39. The average molecular weight is 435 g/mol. The zero-order valence-electron chi connectivity index (χ0n) is 14.6. The van der Waals surface area contributed by atoms with Gasteiger partial charge in [-0.25, -0.2) is 8.42 Å². The number of ether oxygens (including phenoxy) is 2. The van der Waals surface area contributed by atoms with Crippen molar-refractivity contribution in [2.24, 2.45) is 0 Å². The zero-order chi connectivity index (χ0) is 18.6. The van der Waals surface area contributed by atoms with Gasteiger partial charge in [0.05, 0.1) is 20.0 Å². The summed E-state index contributed by atoms with van der Waals surface area (Å²) in [5.74, 6) is 1.12. The highest BCUT2D eigenvalue weighted by Crippen LogP contribution is 2.36. The molecule has 1 saturated heterocycles. The van der Waals surface area contributed by atoms with E-state index in [0.717, 1.165) is 0 Å². The number of carbonyl (C=O) groups excluding carboxylic acids is 1. The van der Waals surface area contributed by atoms with E-state index < -0.39 is 9.84 Å². The second-order valence-electron chi connectivity index (χ2n) is 5.96. The summed E-state index contributed by atoms with van der Waals surface area (Å²) in [6, 6.07) is 3.37. The number of sulfone groups is 1. The van der Waals surface area contributed by atoms with Gasteiger partial charge in [0.15, 0.2) is 0 Å². The van der Waals surface area contributed by atoms with Gasteiger partial charge in [-0.3, -0.25) is 9.69 Å². The van der Waals surface area contributed by atoms with Crippen molar-refractivity contribution in [3.8, 4) is 11.5 Å². The monoisotopic (exact) mass is 434 g/mol. The number of rotatable bonds is 6. The zero-order valence-corrected chi connectivity index (χ0v) is 17.0. The lowest BCUT2D eigenvalue weighted by molar-refractivity contribution is 0.0643. The van der Waals surface area contributed by atoms with Gasteiger partial charge in [-0.15, -0.1) is 0 Å². The van der Waals surface area contributed by atoms with Crippen LogP contribution in [-0.2, 0) is 9.84 Å². The number of hydrogen-bond acceptors (Lipinski definition) is 6. The van der Waals surface area contributed by atoms with Gasteiger partial charge in [-0.2, -0.15) is 0 Å². The summed E-state index contributed by atoms with van der Waals surface area (Å²) < 4.78 is 33.8. The third-order valence-electron chi connectivity index (χ3n) is 4.13. The summed E-state index contributed by atoms with van der Waals surface area (Å²) in [7, 11) is 0.102. The Bertz CT molecular complexity index is 705. The van der Waals surface area contributed by atoms with E-state index in [2.05, 4.69) is 20.8 Å². The predicted molar refractivity (Wildman–Crippen MR) is 99.3 cm³/mol. The van der Waals surface area contributed by atoms with Crippen molar-refractivity contribution in [3.63, 3.8) is 0 Å². The Labute approximate surface area is 156 Å². The lowest BCUT2D eigenvalue weighted by atomic mass is 10.1. The van der Waals surface area contributed by atoms with E-state index in [1.165, 1.54) is 20.5 Å². The van der Waals surface area contributed by atoms with Gasteiger partial charge in [0.1, 0.15) is 25.8 Å². The summed E-state index contributed by atoms with van der Waals surface area (Å²) in [5, 5.41) is 0. The van der Waals surface area contributed by atoms with E-state index in [9.17, 15) is 13.2 Å². The summed E-state index contributed by atoms with van der Waals surface area (Å²) in [5.41, 5.74) is 0.501. The van der Waals surface area contributed by atoms with E-state index in [4.69, 9.17) is 9.47 Å². The van der Waals surface area contributed by atoms with Crippen LogP contribution in [-0.4, -0.2) is 83.1 Å². The molecule has 140 valence electrons. The smallest absolute Gasteiger partial charge is 0.254 e. The van der Waals surface area contributed by atoms with E-state index in [1.807, 2.05) is 0 Å². The number of hydrogen-bond donors (Lipinski definition) is 0. The molecule has 0 saturated carbocycles. The van der Waals surface area contributed by atoms with Crippen LogP contribution in [0, 0.1) is 0 Å². The van der Waals surface area contributed by atoms with Crippen LogP contribution in [0.3, 0.4) is 0 Å². The molecular weight excluding hydrogens is 412 g/mol. The first kappa shape index (κ1) is 20.0. The van der Waals surface area contributed by atoms with Crippen molar-refractivity contribution in [2.75, 3.05) is 59.0 Å². The van der Waals surface area contributed by atoms with Gasteiger partial charge < -0.3 is 14.4 Å². The van der Waals surface area contributed by atoms with Crippen LogP contribution in [0.25, 0.3) is 0 Å². The minimum absolute atomic E-state index is 0.0909. The molecule has 1 amide bonds. The molecule has 7 nitrogen and oxygen atoms in total. The fraction of sp³-hybridized carbons (Fsp3) is 0.562. The molecule has 1 aromatic carbocycles. The maximum Gasteiger partial charge on any atom is 0.254 e. The highest BCUT2D eigenvalue weighted by molar-refractivity contribution is 9.10. The quantitative estimate of drug-likeness (QED) is 0.670. The lowest BCUT2D eigenvalue weighted by Gasteiger charge is -2.34. The predicted octanol–water partition coefficient (Wildman–Crippen LogP) is 1.27. The number of nitrogens with zero attached hydrogens (tertiary/aromatic N) is 2. The van der Waals surface area contributed by atoms with Crippen molar-refractivity contribution in [1.29, 1.82) is 0 Å². The Morgan fingerprint density at radius 3 is 2.08 bits per heavy atom. The number of carbonyl (C=O) groups is 1. The molecule has 1 heterocycles. The first-order valence-corrected chi connectivity index (χ1v) is 10.7. The molecular formula is C16H23BrN2O5S. The number of halogens is 1. The topological polar surface area (TPSA) is 76.2 Å². The first-order valence-electron chi connectivity index (χ1n) is 7.86. The van der Waals surface area contributed by atoms with E-state index in [1.54, 1.807) is 17.0 Å². The summed E-state index contributed by atoms with van der Waals surface area (Å²) in [4.78, 5) is 16.6. The third-order valence-corrected chi connectivity index (χ3v) is 5.84. The average Bonchev–Trinajstić information content (AvgIpc) is 2.59. The van der Waals surface area contributed by atoms with Crippen LogP contribution in [0.4, 0.5) is 0 Å². The van der Waals surface area contributed by atoms with Gasteiger partial charge in [0.25, 0.3) is 5.91 Å². The minimum atomic E-state index is -2.97. The molecule has 1 aliphatic heterocycles. The standard InChI is InChI=1S/C16H23BrN2O5S/c1-23-13-10-12(11-14(24-2)15(13)17)16(20)19-6-4-18(5-7-19)8-9-25(3,21)22/h10-11H,4-9H2,1-3H3. The molecule has 1 aromatic rings.